The van der Waals surface area contributed by atoms with Crippen LogP contribution < -0.4 is 5.32 Å². The molecular formula is C14H21N3O. The van der Waals surface area contributed by atoms with E-state index >= 15 is 0 Å². The molecule has 0 unspecified atom stereocenters. The van der Waals surface area contributed by atoms with Gasteiger partial charge < -0.3 is 10.2 Å². The number of likely N-dealkylation sites (tertiary alicyclic amines) is 1. The second kappa shape index (κ2) is 5.96. The van der Waals surface area contributed by atoms with Gasteiger partial charge in [0, 0.05) is 31.0 Å². The number of rotatable bonds is 3. The van der Waals surface area contributed by atoms with E-state index in [2.05, 4.69) is 10.3 Å². The minimum Gasteiger partial charge on any atom is -0.341 e. The molecule has 1 fully saturated rings. The van der Waals surface area contributed by atoms with E-state index in [1.807, 2.05) is 31.0 Å². The van der Waals surface area contributed by atoms with Crippen LogP contribution in [0, 0.1) is 6.92 Å². The Balaban J connectivity index is 1.93. The Kier molecular flexibility index (Phi) is 4.31. The maximum Gasteiger partial charge on any atom is 0.227 e. The van der Waals surface area contributed by atoms with Crippen LogP contribution in [0.4, 0.5) is 0 Å². The Bertz CT molecular complexity index is 402. The Hall–Kier alpha value is -1.42. The second-order valence-electron chi connectivity index (χ2n) is 4.95. The third-order valence-electron chi connectivity index (χ3n) is 3.51. The molecule has 0 aliphatic carbocycles. The molecule has 1 aromatic heterocycles. The number of piperidine rings is 1. The summed E-state index contributed by atoms with van der Waals surface area (Å²) in [6.45, 7) is 3.67. The van der Waals surface area contributed by atoms with E-state index in [-0.39, 0.29) is 5.91 Å². The highest BCUT2D eigenvalue weighted by molar-refractivity contribution is 5.78. The topological polar surface area (TPSA) is 45.2 Å². The first-order valence-electron chi connectivity index (χ1n) is 6.55. The molecule has 1 aliphatic rings. The zero-order valence-corrected chi connectivity index (χ0v) is 11.1. The molecule has 1 aromatic rings. The molecule has 0 spiro atoms. The summed E-state index contributed by atoms with van der Waals surface area (Å²) >= 11 is 0. The lowest BCUT2D eigenvalue weighted by atomic mass is 10.0. The van der Waals surface area contributed by atoms with Crippen LogP contribution in [0.15, 0.2) is 18.3 Å². The van der Waals surface area contributed by atoms with Crippen molar-refractivity contribution in [1.82, 2.24) is 15.2 Å². The minimum absolute atomic E-state index is 0.209. The third kappa shape index (κ3) is 3.29. The van der Waals surface area contributed by atoms with Crippen molar-refractivity contribution in [3.05, 3.63) is 29.6 Å². The van der Waals surface area contributed by atoms with Gasteiger partial charge in [-0.05, 0) is 38.4 Å². The summed E-state index contributed by atoms with van der Waals surface area (Å²) in [7, 11) is 1.96. The van der Waals surface area contributed by atoms with Crippen molar-refractivity contribution in [2.45, 2.75) is 32.2 Å². The predicted molar refractivity (Wildman–Crippen MR) is 71.3 cm³/mol. The zero-order valence-electron chi connectivity index (χ0n) is 11.1. The molecule has 2 rings (SSSR count). The average molecular weight is 247 g/mol. The van der Waals surface area contributed by atoms with Crippen LogP contribution in [0.25, 0.3) is 0 Å². The van der Waals surface area contributed by atoms with Crippen molar-refractivity contribution >= 4 is 5.91 Å². The number of pyridine rings is 1. The number of hydrogen-bond acceptors (Lipinski definition) is 3. The van der Waals surface area contributed by atoms with Crippen molar-refractivity contribution in [1.29, 1.82) is 0 Å². The zero-order chi connectivity index (χ0) is 13.0. The average Bonchev–Trinajstić information content (AvgIpc) is 2.41. The van der Waals surface area contributed by atoms with E-state index in [9.17, 15) is 4.79 Å². The highest BCUT2D eigenvalue weighted by atomic mass is 16.2. The lowest BCUT2D eigenvalue weighted by Gasteiger charge is -2.32. The molecule has 0 saturated carbocycles. The molecule has 1 amide bonds. The summed E-state index contributed by atoms with van der Waals surface area (Å²) in [4.78, 5) is 18.4. The molecule has 1 aliphatic heterocycles. The monoisotopic (exact) mass is 247 g/mol. The molecular weight excluding hydrogens is 226 g/mol. The molecule has 18 heavy (non-hydrogen) atoms. The van der Waals surface area contributed by atoms with Gasteiger partial charge in [0.2, 0.25) is 5.91 Å². The molecule has 0 radical (unpaired) electrons. The largest absolute Gasteiger partial charge is 0.341 e. The van der Waals surface area contributed by atoms with Gasteiger partial charge in [-0.15, -0.1) is 0 Å². The Morgan fingerprint density at radius 2 is 2.39 bits per heavy atom. The second-order valence-corrected chi connectivity index (χ2v) is 4.95. The lowest BCUT2D eigenvalue weighted by Crippen LogP contribution is -2.47. The van der Waals surface area contributed by atoms with Gasteiger partial charge in [-0.25, -0.2) is 0 Å². The van der Waals surface area contributed by atoms with Crippen molar-refractivity contribution in [2.75, 3.05) is 20.1 Å². The summed E-state index contributed by atoms with van der Waals surface area (Å²) in [6, 6.07) is 4.38. The van der Waals surface area contributed by atoms with Crippen molar-refractivity contribution < 1.29 is 4.79 Å². The summed E-state index contributed by atoms with van der Waals surface area (Å²) < 4.78 is 0. The Morgan fingerprint density at radius 1 is 1.56 bits per heavy atom. The van der Waals surface area contributed by atoms with Gasteiger partial charge in [0.25, 0.3) is 0 Å². The highest BCUT2D eigenvalue weighted by Crippen LogP contribution is 2.12. The maximum atomic E-state index is 12.2. The number of amides is 1. The molecule has 0 bridgehead atoms. The van der Waals surface area contributed by atoms with E-state index in [0.717, 1.165) is 37.2 Å². The van der Waals surface area contributed by atoms with Crippen LogP contribution in [-0.2, 0) is 11.2 Å². The van der Waals surface area contributed by atoms with E-state index in [4.69, 9.17) is 0 Å². The first-order chi connectivity index (χ1) is 8.69. The molecule has 1 atom stereocenters. The number of carbonyl (C=O) groups excluding carboxylic acids is 1. The molecule has 4 nitrogen and oxygen atoms in total. The van der Waals surface area contributed by atoms with Gasteiger partial charge in [0.1, 0.15) is 0 Å². The lowest BCUT2D eigenvalue weighted by molar-refractivity contribution is -0.131. The standard InChI is InChI=1S/C14H21N3O/c1-11-5-6-12(9-16-11)8-14(18)17-7-3-4-13(10-17)15-2/h5-6,9,13,15H,3-4,7-8,10H2,1-2H3/t13-/m0/s1. The van der Waals surface area contributed by atoms with Crippen molar-refractivity contribution in [3.63, 3.8) is 0 Å². The third-order valence-corrected chi connectivity index (χ3v) is 3.51. The molecule has 4 heteroatoms. The maximum absolute atomic E-state index is 12.2. The number of likely N-dealkylation sites (N-methyl/N-ethyl adjacent to an activating group) is 1. The molecule has 1 N–H and O–H groups in total. The fourth-order valence-corrected chi connectivity index (χ4v) is 2.33. The number of nitrogens with one attached hydrogen (secondary N) is 1. The molecule has 1 saturated heterocycles. The van der Waals surface area contributed by atoms with Gasteiger partial charge in [-0.3, -0.25) is 9.78 Å². The van der Waals surface area contributed by atoms with Crippen LogP contribution in [0.5, 0.6) is 0 Å². The van der Waals surface area contributed by atoms with E-state index < -0.39 is 0 Å². The Morgan fingerprint density at radius 3 is 3.06 bits per heavy atom. The molecule has 0 aromatic carbocycles. The summed E-state index contributed by atoms with van der Waals surface area (Å²) in [5.41, 5.74) is 1.98. The SMILES string of the molecule is CN[C@H]1CCCN(C(=O)Cc2ccc(C)nc2)C1. The molecule has 2 heterocycles. The normalized spacial score (nSPS) is 19.9. The first kappa shape index (κ1) is 13.0. The number of aromatic nitrogens is 1. The van der Waals surface area contributed by atoms with E-state index in [1.165, 1.54) is 0 Å². The van der Waals surface area contributed by atoms with Crippen LogP contribution in [0.1, 0.15) is 24.1 Å². The van der Waals surface area contributed by atoms with Crippen molar-refractivity contribution in [3.8, 4) is 0 Å². The first-order valence-corrected chi connectivity index (χ1v) is 6.55. The summed E-state index contributed by atoms with van der Waals surface area (Å²) in [5.74, 6) is 0.209. The number of carbonyl (C=O) groups is 1. The molecule has 98 valence electrons. The number of hydrogen-bond donors (Lipinski definition) is 1. The summed E-state index contributed by atoms with van der Waals surface area (Å²) in [5, 5.41) is 3.25. The van der Waals surface area contributed by atoms with Crippen LogP contribution in [-0.4, -0.2) is 42.0 Å². The van der Waals surface area contributed by atoms with E-state index in [0.29, 0.717) is 12.5 Å². The number of nitrogens with zero attached hydrogens (tertiary/aromatic N) is 2. The highest BCUT2D eigenvalue weighted by Gasteiger charge is 2.22. The van der Waals surface area contributed by atoms with Gasteiger partial charge in [-0.2, -0.15) is 0 Å². The van der Waals surface area contributed by atoms with E-state index in [1.54, 1.807) is 6.20 Å². The van der Waals surface area contributed by atoms with Gasteiger partial charge in [-0.1, -0.05) is 6.07 Å². The Labute approximate surface area is 108 Å². The quantitative estimate of drug-likeness (QED) is 0.871. The van der Waals surface area contributed by atoms with Crippen LogP contribution in [0.2, 0.25) is 0 Å². The van der Waals surface area contributed by atoms with Gasteiger partial charge in [0.05, 0.1) is 6.42 Å². The fraction of sp³-hybridized carbons (Fsp3) is 0.571. The van der Waals surface area contributed by atoms with Gasteiger partial charge in [0.15, 0.2) is 0 Å². The van der Waals surface area contributed by atoms with Crippen LogP contribution >= 0.6 is 0 Å². The van der Waals surface area contributed by atoms with Crippen LogP contribution in [0.3, 0.4) is 0 Å². The minimum atomic E-state index is 0.209. The number of aryl methyl sites for hydroxylation is 1. The van der Waals surface area contributed by atoms with Gasteiger partial charge >= 0.3 is 0 Å². The summed E-state index contributed by atoms with van der Waals surface area (Å²) in [6.07, 6.45) is 4.51. The fourth-order valence-electron chi connectivity index (χ4n) is 2.33. The predicted octanol–water partition coefficient (Wildman–Crippen LogP) is 1.14. The smallest absolute Gasteiger partial charge is 0.227 e. The van der Waals surface area contributed by atoms with Crippen molar-refractivity contribution in [2.24, 2.45) is 0 Å².